The maximum Gasteiger partial charge on any atom is 0.264 e. The van der Waals surface area contributed by atoms with E-state index in [9.17, 15) is 18.0 Å². The molecule has 1 unspecified atom stereocenters. The standard InChI is InChI=1S/C31H38ClN3O5S/c1-5-7-20-33-31(37)24(4)34(21-25-14-16-26(32)17-15-25)30(36)22-35(28-10-8-9-11-29(28)40-6-2)41(38,39)27-18-12-23(3)13-19-27/h8-19,24H,5-7,20-22H2,1-4H3,(H,33,37). The van der Waals surface area contributed by atoms with Crippen molar-refractivity contribution in [3.8, 4) is 5.75 Å². The van der Waals surface area contributed by atoms with Crippen molar-refractivity contribution in [2.24, 2.45) is 0 Å². The van der Waals surface area contributed by atoms with Crippen molar-refractivity contribution in [3.05, 3.63) is 88.9 Å². The maximum absolute atomic E-state index is 14.0. The molecule has 0 aliphatic heterocycles. The number of rotatable bonds is 14. The second kappa shape index (κ2) is 14.9. The molecule has 0 heterocycles. The van der Waals surface area contributed by atoms with Crippen molar-refractivity contribution in [2.75, 3.05) is 24.0 Å². The highest BCUT2D eigenvalue weighted by molar-refractivity contribution is 7.92. The number of carbonyl (C=O) groups excluding carboxylic acids is 2. The lowest BCUT2D eigenvalue weighted by Crippen LogP contribution is -2.51. The van der Waals surface area contributed by atoms with Crippen LogP contribution < -0.4 is 14.4 Å². The number of amides is 2. The number of anilines is 1. The second-order valence-corrected chi connectivity index (χ2v) is 12.0. The summed E-state index contributed by atoms with van der Waals surface area (Å²) in [5.41, 5.74) is 1.88. The smallest absolute Gasteiger partial charge is 0.264 e. The van der Waals surface area contributed by atoms with Crippen LogP contribution in [0.4, 0.5) is 5.69 Å². The SMILES string of the molecule is CCCCNC(=O)C(C)N(Cc1ccc(Cl)cc1)C(=O)CN(c1ccccc1OCC)S(=O)(=O)c1ccc(C)cc1. The Morgan fingerprint density at radius 3 is 2.27 bits per heavy atom. The quantitative estimate of drug-likeness (QED) is 0.244. The molecule has 220 valence electrons. The summed E-state index contributed by atoms with van der Waals surface area (Å²) in [6, 6.07) is 19.2. The number of sulfonamides is 1. The fourth-order valence-corrected chi connectivity index (χ4v) is 5.75. The molecule has 1 N–H and O–H groups in total. The number of nitrogens with zero attached hydrogens (tertiary/aromatic N) is 2. The highest BCUT2D eigenvalue weighted by Crippen LogP contribution is 2.33. The van der Waals surface area contributed by atoms with E-state index in [-0.39, 0.29) is 23.0 Å². The van der Waals surface area contributed by atoms with E-state index < -0.39 is 28.5 Å². The molecule has 0 aromatic heterocycles. The van der Waals surface area contributed by atoms with E-state index in [4.69, 9.17) is 16.3 Å². The average Bonchev–Trinajstić information content (AvgIpc) is 2.96. The van der Waals surface area contributed by atoms with E-state index >= 15 is 0 Å². The summed E-state index contributed by atoms with van der Waals surface area (Å²) < 4.78 is 34.9. The molecule has 10 heteroatoms. The number of benzene rings is 3. The lowest BCUT2D eigenvalue weighted by molar-refractivity contribution is -0.139. The van der Waals surface area contributed by atoms with E-state index in [1.807, 2.05) is 13.8 Å². The largest absolute Gasteiger partial charge is 0.492 e. The highest BCUT2D eigenvalue weighted by atomic mass is 35.5. The summed E-state index contributed by atoms with van der Waals surface area (Å²) in [5.74, 6) is -0.531. The number of ether oxygens (including phenoxy) is 1. The Morgan fingerprint density at radius 2 is 1.63 bits per heavy atom. The molecule has 8 nitrogen and oxygen atoms in total. The number of aryl methyl sites for hydroxylation is 1. The zero-order chi connectivity index (χ0) is 30.0. The molecule has 0 bridgehead atoms. The van der Waals surface area contributed by atoms with Gasteiger partial charge in [-0.05, 0) is 69.2 Å². The number of para-hydroxylation sites is 2. The Hall–Kier alpha value is -3.56. The molecule has 2 amide bonds. The Labute approximate surface area is 248 Å². The van der Waals surface area contributed by atoms with Crippen molar-refractivity contribution >= 4 is 39.1 Å². The van der Waals surface area contributed by atoms with Crippen LogP contribution in [0.5, 0.6) is 5.75 Å². The lowest BCUT2D eigenvalue weighted by atomic mass is 10.1. The molecule has 0 spiro atoms. The van der Waals surface area contributed by atoms with E-state index in [2.05, 4.69) is 5.32 Å². The van der Waals surface area contributed by atoms with Gasteiger partial charge in [0.15, 0.2) is 0 Å². The van der Waals surface area contributed by atoms with Gasteiger partial charge in [0.25, 0.3) is 10.0 Å². The molecule has 3 aromatic carbocycles. The molecular weight excluding hydrogens is 562 g/mol. The van der Waals surface area contributed by atoms with Crippen LogP contribution in [0.3, 0.4) is 0 Å². The average molecular weight is 600 g/mol. The molecule has 41 heavy (non-hydrogen) atoms. The van der Waals surface area contributed by atoms with E-state index in [1.165, 1.54) is 17.0 Å². The molecular formula is C31H38ClN3O5S. The molecule has 1 atom stereocenters. The minimum absolute atomic E-state index is 0.0387. The lowest BCUT2D eigenvalue weighted by Gasteiger charge is -2.32. The first-order chi connectivity index (χ1) is 19.6. The van der Waals surface area contributed by atoms with Crippen molar-refractivity contribution < 1.29 is 22.7 Å². The fraction of sp³-hybridized carbons (Fsp3) is 0.355. The highest BCUT2D eigenvalue weighted by Gasteiger charge is 2.33. The van der Waals surface area contributed by atoms with Crippen LogP contribution in [-0.4, -0.2) is 50.9 Å². The molecule has 3 rings (SSSR count). The topological polar surface area (TPSA) is 96.0 Å². The Kier molecular flexibility index (Phi) is 11.6. The summed E-state index contributed by atoms with van der Waals surface area (Å²) in [6.07, 6.45) is 1.72. The third-order valence-corrected chi connectivity index (χ3v) is 8.61. The Balaban J connectivity index is 2.04. The molecule has 0 saturated heterocycles. The number of halogens is 1. The normalized spacial score (nSPS) is 11.9. The number of carbonyl (C=O) groups is 2. The van der Waals surface area contributed by atoms with Crippen LogP contribution in [0, 0.1) is 6.92 Å². The number of hydrogen-bond acceptors (Lipinski definition) is 5. The summed E-state index contributed by atoms with van der Waals surface area (Å²) in [5, 5.41) is 3.42. The first-order valence-corrected chi connectivity index (χ1v) is 15.5. The van der Waals surface area contributed by atoms with Crippen LogP contribution in [0.2, 0.25) is 5.02 Å². The predicted molar refractivity (Wildman–Crippen MR) is 163 cm³/mol. The van der Waals surface area contributed by atoms with Gasteiger partial charge >= 0.3 is 0 Å². The van der Waals surface area contributed by atoms with Crippen LogP contribution in [0.25, 0.3) is 0 Å². The summed E-state index contributed by atoms with van der Waals surface area (Å²) in [6.45, 7) is 7.66. The maximum atomic E-state index is 14.0. The summed E-state index contributed by atoms with van der Waals surface area (Å²) in [7, 11) is -4.19. The van der Waals surface area contributed by atoms with Crippen LogP contribution >= 0.6 is 11.6 Å². The van der Waals surface area contributed by atoms with Gasteiger partial charge in [0.1, 0.15) is 18.3 Å². The van der Waals surface area contributed by atoms with Gasteiger partial charge in [-0.25, -0.2) is 8.42 Å². The van der Waals surface area contributed by atoms with Crippen molar-refractivity contribution in [2.45, 2.75) is 58.0 Å². The molecule has 0 fully saturated rings. The second-order valence-electron chi connectivity index (χ2n) is 9.69. The van der Waals surface area contributed by atoms with Gasteiger partial charge in [0.05, 0.1) is 17.2 Å². The molecule has 0 radical (unpaired) electrons. The summed E-state index contributed by atoms with van der Waals surface area (Å²) >= 11 is 6.06. The van der Waals surface area contributed by atoms with E-state index in [0.29, 0.717) is 23.9 Å². The Bertz CT molecular complexity index is 1410. The zero-order valence-corrected chi connectivity index (χ0v) is 25.5. The van der Waals surface area contributed by atoms with E-state index in [1.54, 1.807) is 74.5 Å². The first kappa shape index (κ1) is 32.0. The Morgan fingerprint density at radius 1 is 0.976 bits per heavy atom. The molecule has 0 aliphatic carbocycles. The number of hydrogen-bond donors (Lipinski definition) is 1. The molecule has 3 aromatic rings. The van der Waals surface area contributed by atoms with Gasteiger partial charge in [-0.1, -0.05) is 66.9 Å². The van der Waals surface area contributed by atoms with Crippen molar-refractivity contribution in [1.29, 1.82) is 0 Å². The molecule has 0 aliphatic rings. The van der Waals surface area contributed by atoms with Gasteiger partial charge < -0.3 is 15.0 Å². The van der Waals surface area contributed by atoms with Crippen LogP contribution in [0.15, 0.2) is 77.7 Å². The first-order valence-electron chi connectivity index (χ1n) is 13.7. The van der Waals surface area contributed by atoms with Crippen LogP contribution in [-0.2, 0) is 26.2 Å². The van der Waals surface area contributed by atoms with Gasteiger partial charge in [-0.3, -0.25) is 13.9 Å². The predicted octanol–water partition coefficient (Wildman–Crippen LogP) is 5.58. The van der Waals surface area contributed by atoms with Crippen molar-refractivity contribution in [3.63, 3.8) is 0 Å². The molecule has 0 saturated carbocycles. The van der Waals surface area contributed by atoms with Crippen molar-refractivity contribution in [1.82, 2.24) is 10.2 Å². The fourth-order valence-electron chi connectivity index (χ4n) is 4.20. The van der Waals surface area contributed by atoms with Gasteiger partial charge in [-0.15, -0.1) is 0 Å². The van der Waals surface area contributed by atoms with Gasteiger partial charge in [0, 0.05) is 18.1 Å². The van der Waals surface area contributed by atoms with Crippen LogP contribution in [0.1, 0.15) is 44.7 Å². The summed E-state index contributed by atoms with van der Waals surface area (Å²) in [4.78, 5) is 28.6. The third kappa shape index (κ3) is 8.47. The minimum Gasteiger partial charge on any atom is -0.492 e. The van der Waals surface area contributed by atoms with E-state index in [0.717, 1.165) is 28.3 Å². The monoisotopic (exact) mass is 599 g/mol. The third-order valence-electron chi connectivity index (χ3n) is 6.58. The minimum atomic E-state index is -4.19. The zero-order valence-electron chi connectivity index (χ0n) is 24.0. The number of nitrogens with one attached hydrogen (secondary N) is 1. The van der Waals surface area contributed by atoms with Gasteiger partial charge in [-0.2, -0.15) is 0 Å². The number of unbranched alkanes of at least 4 members (excludes halogenated alkanes) is 1. The van der Waals surface area contributed by atoms with Gasteiger partial charge in [0.2, 0.25) is 11.8 Å².